The number of hydrogen-bond donors (Lipinski definition) is 1. The van der Waals surface area contributed by atoms with Crippen molar-refractivity contribution in [2.45, 2.75) is 43.1 Å². The number of benzene rings is 1. The Kier molecular flexibility index (Phi) is 4.32. The van der Waals surface area contributed by atoms with E-state index in [-0.39, 0.29) is 12.0 Å². The van der Waals surface area contributed by atoms with Gasteiger partial charge in [0.25, 0.3) is 0 Å². The predicted octanol–water partition coefficient (Wildman–Crippen LogP) is 2.25. The Bertz CT molecular complexity index is 503. The minimum Gasteiger partial charge on any atom is -0.391 e. The van der Waals surface area contributed by atoms with Crippen LogP contribution in [0, 0.1) is 0 Å². The molecule has 1 saturated heterocycles. The van der Waals surface area contributed by atoms with Crippen molar-refractivity contribution >= 4 is 17.7 Å². The summed E-state index contributed by atoms with van der Waals surface area (Å²) < 4.78 is 0. The molecule has 1 heterocycles. The lowest BCUT2D eigenvalue weighted by Gasteiger charge is -2.30. The number of aliphatic hydroxyl groups excluding tert-OH is 1. The van der Waals surface area contributed by atoms with Gasteiger partial charge in [0, 0.05) is 18.0 Å². The first kappa shape index (κ1) is 14.0. The van der Waals surface area contributed by atoms with Crippen molar-refractivity contribution in [3.63, 3.8) is 0 Å². The number of thioether (sulfide) groups is 1. The van der Waals surface area contributed by atoms with Gasteiger partial charge >= 0.3 is 0 Å². The molecule has 1 N–H and O–H groups in total. The van der Waals surface area contributed by atoms with Crippen molar-refractivity contribution in [2.75, 3.05) is 18.8 Å². The lowest BCUT2D eigenvalue weighted by molar-refractivity contribution is -0.131. The van der Waals surface area contributed by atoms with E-state index < -0.39 is 0 Å². The monoisotopic (exact) mass is 291 g/mol. The Hall–Kier alpha value is -1.00. The number of carbonyl (C=O) groups excluding carboxylic acids is 1. The number of carbonyl (C=O) groups is 1. The van der Waals surface area contributed by atoms with Crippen molar-refractivity contribution in [3.05, 3.63) is 29.3 Å². The normalized spacial score (nSPS) is 21.9. The number of likely N-dealkylation sites (tertiary alicyclic amines) is 1. The van der Waals surface area contributed by atoms with E-state index in [0.717, 1.165) is 19.4 Å². The molecule has 3 nitrogen and oxygen atoms in total. The molecule has 0 saturated carbocycles. The summed E-state index contributed by atoms with van der Waals surface area (Å²) in [4.78, 5) is 15.1. The van der Waals surface area contributed by atoms with E-state index in [4.69, 9.17) is 0 Å². The second kappa shape index (κ2) is 6.19. The molecule has 1 unspecified atom stereocenters. The highest BCUT2D eigenvalue weighted by atomic mass is 32.2. The van der Waals surface area contributed by atoms with Crippen LogP contribution in [0.1, 0.15) is 30.4 Å². The lowest BCUT2D eigenvalue weighted by atomic mass is 10.1. The number of β-amino-alcohol motifs (C(OH)–C–C–N with tert-alkyl or cyclic N) is 1. The van der Waals surface area contributed by atoms with Crippen molar-refractivity contribution in [3.8, 4) is 0 Å². The molecular formula is C16H21NO2S. The van der Waals surface area contributed by atoms with Crippen LogP contribution in [0.4, 0.5) is 0 Å². The fraction of sp³-hybridized carbons (Fsp3) is 0.562. The summed E-state index contributed by atoms with van der Waals surface area (Å²) in [5.74, 6) is 0.625. The predicted molar refractivity (Wildman–Crippen MR) is 81.0 cm³/mol. The highest BCUT2D eigenvalue weighted by molar-refractivity contribution is 8.00. The van der Waals surface area contributed by atoms with Crippen LogP contribution in [-0.2, 0) is 17.6 Å². The van der Waals surface area contributed by atoms with Gasteiger partial charge < -0.3 is 10.0 Å². The van der Waals surface area contributed by atoms with Gasteiger partial charge in [0.05, 0.1) is 11.9 Å². The van der Waals surface area contributed by atoms with Crippen LogP contribution in [0.25, 0.3) is 0 Å². The molecule has 3 rings (SSSR count). The maximum Gasteiger partial charge on any atom is 0.233 e. The van der Waals surface area contributed by atoms with E-state index in [9.17, 15) is 9.90 Å². The fourth-order valence-electron chi connectivity index (χ4n) is 3.06. The van der Waals surface area contributed by atoms with E-state index in [2.05, 4.69) is 18.2 Å². The standard InChI is InChI=1S/C16H21NO2S/c18-14-5-2-8-17(10-14)16(19)11-20-15-7-6-12-3-1-4-13(12)9-15/h6-7,9,14,18H,1-5,8,10-11H2. The van der Waals surface area contributed by atoms with Gasteiger partial charge in [-0.15, -0.1) is 11.8 Å². The molecule has 1 fully saturated rings. The summed E-state index contributed by atoms with van der Waals surface area (Å²) in [7, 11) is 0. The average molecular weight is 291 g/mol. The highest BCUT2D eigenvalue weighted by Crippen LogP contribution is 2.27. The lowest BCUT2D eigenvalue weighted by Crippen LogP contribution is -2.42. The number of aliphatic hydroxyl groups is 1. The molecule has 108 valence electrons. The summed E-state index contributed by atoms with van der Waals surface area (Å²) in [6.45, 7) is 1.30. The fourth-order valence-corrected chi connectivity index (χ4v) is 3.92. The van der Waals surface area contributed by atoms with Crippen molar-refractivity contribution < 1.29 is 9.90 Å². The number of fused-ring (bicyclic) bond motifs is 1. The SMILES string of the molecule is O=C(CSc1ccc2c(c1)CCC2)N1CCCC(O)C1. The molecular weight excluding hydrogens is 270 g/mol. The smallest absolute Gasteiger partial charge is 0.233 e. The second-order valence-electron chi connectivity index (χ2n) is 5.71. The second-order valence-corrected chi connectivity index (χ2v) is 6.76. The molecule has 0 radical (unpaired) electrons. The van der Waals surface area contributed by atoms with Gasteiger partial charge in [0.15, 0.2) is 0 Å². The van der Waals surface area contributed by atoms with Crippen LogP contribution < -0.4 is 0 Å². The number of hydrogen-bond acceptors (Lipinski definition) is 3. The van der Waals surface area contributed by atoms with Crippen LogP contribution >= 0.6 is 11.8 Å². The van der Waals surface area contributed by atoms with Crippen molar-refractivity contribution in [2.24, 2.45) is 0 Å². The number of nitrogens with zero attached hydrogens (tertiary/aromatic N) is 1. The van der Waals surface area contributed by atoms with E-state index in [1.165, 1.54) is 35.3 Å². The summed E-state index contributed by atoms with van der Waals surface area (Å²) in [5, 5.41) is 9.62. The van der Waals surface area contributed by atoms with Gasteiger partial charge in [-0.3, -0.25) is 4.79 Å². The van der Waals surface area contributed by atoms with Gasteiger partial charge in [0.2, 0.25) is 5.91 Å². The maximum absolute atomic E-state index is 12.1. The molecule has 1 aliphatic heterocycles. The largest absolute Gasteiger partial charge is 0.391 e. The Balaban J connectivity index is 1.55. The van der Waals surface area contributed by atoms with Crippen molar-refractivity contribution in [1.82, 2.24) is 4.90 Å². The first-order chi connectivity index (χ1) is 9.72. The summed E-state index contributed by atoms with van der Waals surface area (Å²) in [6.07, 6.45) is 5.03. The molecule has 0 aromatic heterocycles. The van der Waals surface area contributed by atoms with Gasteiger partial charge in [-0.25, -0.2) is 0 Å². The summed E-state index contributed by atoms with van der Waals surface area (Å²) >= 11 is 1.62. The average Bonchev–Trinajstić information content (AvgIpc) is 2.92. The Morgan fingerprint density at radius 3 is 3.00 bits per heavy atom. The molecule has 1 aromatic carbocycles. The van der Waals surface area contributed by atoms with Gasteiger partial charge in [-0.1, -0.05) is 6.07 Å². The number of rotatable bonds is 3. The number of aryl methyl sites for hydroxylation is 2. The third-order valence-corrected chi connectivity index (χ3v) is 5.16. The zero-order chi connectivity index (χ0) is 13.9. The Labute approximate surface area is 124 Å². The molecule has 4 heteroatoms. The minimum atomic E-state index is -0.335. The Morgan fingerprint density at radius 1 is 1.30 bits per heavy atom. The molecule has 1 amide bonds. The molecule has 2 aliphatic rings. The maximum atomic E-state index is 12.1. The Morgan fingerprint density at radius 2 is 2.15 bits per heavy atom. The molecule has 0 bridgehead atoms. The van der Waals surface area contributed by atoms with Crippen LogP contribution in [0.3, 0.4) is 0 Å². The zero-order valence-electron chi connectivity index (χ0n) is 11.7. The number of amides is 1. The molecule has 0 spiro atoms. The van der Waals surface area contributed by atoms with Crippen LogP contribution in [0.2, 0.25) is 0 Å². The quantitative estimate of drug-likeness (QED) is 0.868. The highest BCUT2D eigenvalue weighted by Gasteiger charge is 2.22. The van der Waals surface area contributed by atoms with Crippen LogP contribution in [0.5, 0.6) is 0 Å². The van der Waals surface area contributed by atoms with E-state index in [0.29, 0.717) is 12.3 Å². The minimum absolute atomic E-state index is 0.147. The first-order valence-corrected chi connectivity index (χ1v) is 8.41. The van der Waals surface area contributed by atoms with E-state index in [1.54, 1.807) is 16.7 Å². The molecule has 1 atom stereocenters. The summed E-state index contributed by atoms with van der Waals surface area (Å²) in [6, 6.07) is 6.58. The molecule has 20 heavy (non-hydrogen) atoms. The van der Waals surface area contributed by atoms with E-state index >= 15 is 0 Å². The zero-order valence-corrected chi connectivity index (χ0v) is 12.5. The van der Waals surface area contributed by atoms with Crippen LogP contribution in [-0.4, -0.2) is 40.9 Å². The van der Waals surface area contributed by atoms with Crippen molar-refractivity contribution in [1.29, 1.82) is 0 Å². The first-order valence-electron chi connectivity index (χ1n) is 7.43. The van der Waals surface area contributed by atoms with Gasteiger partial charge in [0.1, 0.15) is 0 Å². The van der Waals surface area contributed by atoms with E-state index in [1.807, 2.05) is 0 Å². The third kappa shape index (κ3) is 3.18. The van der Waals surface area contributed by atoms with Crippen LogP contribution in [0.15, 0.2) is 23.1 Å². The van der Waals surface area contributed by atoms with Gasteiger partial charge in [-0.2, -0.15) is 0 Å². The third-order valence-electron chi connectivity index (χ3n) is 4.18. The topological polar surface area (TPSA) is 40.5 Å². The van der Waals surface area contributed by atoms with Gasteiger partial charge in [-0.05, 0) is 55.4 Å². The summed E-state index contributed by atoms with van der Waals surface area (Å²) in [5.41, 5.74) is 2.93. The number of piperidine rings is 1. The molecule has 1 aliphatic carbocycles. The molecule has 1 aromatic rings.